The lowest BCUT2D eigenvalue weighted by molar-refractivity contribution is -0.0498. The summed E-state index contributed by atoms with van der Waals surface area (Å²) in [7, 11) is 0. The Balaban J connectivity index is 1.50. The van der Waals surface area contributed by atoms with E-state index in [2.05, 4.69) is 25.0 Å². The normalized spacial score (nSPS) is 13.7. The van der Waals surface area contributed by atoms with Gasteiger partial charge in [0.15, 0.2) is 0 Å². The maximum absolute atomic E-state index is 12.3. The summed E-state index contributed by atoms with van der Waals surface area (Å²) in [6.07, 6.45) is 2.14. The van der Waals surface area contributed by atoms with Crippen LogP contribution in [0, 0.1) is 0 Å². The molecule has 4 aromatic rings. The van der Waals surface area contributed by atoms with E-state index in [1.165, 1.54) is 12.1 Å². The molecule has 10 heteroatoms. The van der Waals surface area contributed by atoms with Crippen LogP contribution < -0.4 is 15.8 Å². The number of para-hydroxylation sites is 2. The molecule has 1 aliphatic rings. The second kappa shape index (κ2) is 7.21. The van der Waals surface area contributed by atoms with Gasteiger partial charge in [0.2, 0.25) is 17.8 Å². The van der Waals surface area contributed by atoms with E-state index in [0.29, 0.717) is 17.6 Å². The van der Waals surface area contributed by atoms with Crippen LogP contribution in [-0.2, 0) is 0 Å². The first-order valence-electron chi connectivity index (χ1n) is 9.38. The number of hydrogen-bond donors (Lipinski definition) is 2. The number of hydrogen-bond acceptors (Lipinski definition) is 7. The van der Waals surface area contributed by atoms with Crippen molar-refractivity contribution < 1.29 is 13.5 Å². The van der Waals surface area contributed by atoms with Crippen molar-refractivity contribution in [1.29, 1.82) is 0 Å². The Labute approximate surface area is 169 Å². The van der Waals surface area contributed by atoms with Crippen LogP contribution in [0.25, 0.3) is 17.0 Å². The average molecular weight is 409 g/mol. The SMILES string of the molecule is Nc1nc(Nc2ccc(OC(F)F)cc2)nc(-n2c(C3CC3)nc3ccccc32)n1. The third kappa shape index (κ3) is 3.59. The van der Waals surface area contributed by atoms with Crippen molar-refractivity contribution >= 4 is 28.6 Å². The van der Waals surface area contributed by atoms with Crippen molar-refractivity contribution in [3.63, 3.8) is 0 Å². The first kappa shape index (κ1) is 18.2. The minimum Gasteiger partial charge on any atom is -0.435 e. The number of ether oxygens (including phenoxy) is 1. The molecule has 2 aromatic carbocycles. The molecule has 0 unspecified atom stereocenters. The van der Waals surface area contributed by atoms with E-state index in [4.69, 9.17) is 10.7 Å². The Hall–Kier alpha value is -3.82. The topological polar surface area (TPSA) is 104 Å². The molecule has 2 aromatic heterocycles. The van der Waals surface area contributed by atoms with Crippen molar-refractivity contribution in [2.75, 3.05) is 11.1 Å². The van der Waals surface area contributed by atoms with Gasteiger partial charge in [0, 0.05) is 11.6 Å². The fourth-order valence-electron chi connectivity index (χ4n) is 3.26. The Bertz CT molecular complexity index is 1210. The van der Waals surface area contributed by atoms with Crippen LogP contribution in [0.1, 0.15) is 24.6 Å². The summed E-state index contributed by atoms with van der Waals surface area (Å²) in [4.78, 5) is 17.7. The predicted octanol–water partition coefficient (Wildman–Crippen LogP) is 4.02. The van der Waals surface area contributed by atoms with E-state index in [-0.39, 0.29) is 17.6 Å². The van der Waals surface area contributed by atoms with Gasteiger partial charge in [-0.2, -0.15) is 23.7 Å². The molecule has 0 aliphatic heterocycles. The quantitative estimate of drug-likeness (QED) is 0.496. The summed E-state index contributed by atoms with van der Waals surface area (Å²) in [5, 5.41) is 3.02. The molecule has 2 heterocycles. The van der Waals surface area contributed by atoms with Gasteiger partial charge in [-0.25, -0.2) is 4.98 Å². The fraction of sp³-hybridized carbons (Fsp3) is 0.200. The van der Waals surface area contributed by atoms with Crippen molar-refractivity contribution in [3.8, 4) is 11.7 Å². The van der Waals surface area contributed by atoms with Crippen LogP contribution in [0.5, 0.6) is 5.75 Å². The van der Waals surface area contributed by atoms with Gasteiger partial charge in [-0.15, -0.1) is 0 Å². The molecule has 30 heavy (non-hydrogen) atoms. The van der Waals surface area contributed by atoms with Gasteiger partial charge in [-0.1, -0.05) is 12.1 Å². The van der Waals surface area contributed by atoms with Crippen molar-refractivity contribution in [3.05, 3.63) is 54.4 Å². The average Bonchev–Trinajstić information content (AvgIpc) is 3.48. The first-order chi connectivity index (χ1) is 14.6. The number of halogens is 2. The molecule has 0 amide bonds. The molecule has 0 radical (unpaired) electrons. The zero-order valence-corrected chi connectivity index (χ0v) is 15.7. The summed E-state index contributed by atoms with van der Waals surface area (Å²) in [5.41, 5.74) is 8.29. The third-order valence-corrected chi connectivity index (χ3v) is 4.71. The van der Waals surface area contributed by atoms with Crippen molar-refractivity contribution in [2.24, 2.45) is 0 Å². The summed E-state index contributed by atoms with van der Waals surface area (Å²) in [6, 6.07) is 13.8. The number of aromatic nitrogens is 5. The Morgan fingerprint density at radius 2 is 1.77 bits per heavy atom. The second-order valence-corrected chi connectivity index (χ2v) is 6.91. The number of nitrogens with two attached hydrogens (primary N) is 1. The number of fused-ring (bicyclic) bond motifs is 1. The van der Waals surface area contributed by atoms with Crippen LogP contribution in [0.3, 0.4) is 0 Å². The summed E-state index contributed by atoms with van der Waals surface area (Å²) < 4.78 is 30.9. The fourth-order valence-corrected chi connectivity index (χ4v) is 3.26. The lowest BCUT2D eigenvalue weighted by Gasteiger charge is -2.11. The van der Waals surface area contributed by atoms with E-state index < -0.39 is 6.61 Å². The Kier molecular flexibility index (Phi) is 4.38. The zero-order valence-electron chi connectivity index (χ0n) is 15.7. The molecule has 1 saturated carbocycles. The molecule has 5 rings (SSSR count). The number of benzene rings is 2. The lowest BCUT2D eigenvalue weighted by Crippen LogP contribution is -2.11. The van der Waals surface area contributed by atoms with Gasteiger partial charge in [-0.05, 0) is 49.2 Å². The maximum Gasteiger partial charge on any atom is 0.387 e. The van der Waals surface area contributed by atoms with E-state index in [1.807, 2.05) is 28.8 Å². The zero-order chi connectivity index (χ0) is 20.7. The maximum atomic E-state index is 12.3. The molecule has 1 fully saturated rings. The molecule has 0 atom stereocenters. The number of alkyl halides is 2. The van der Waals surface area contributed by atoms with Crippen molar-refractivity contribution in [1.82, 2.24) is 24.5 Å². The van der Waals surface area contributed by atoms with Crippen LogP contribution >= 0.6 is 0 Å². The molecule has 3 N–H and O–H groups in total. The van der Waals surface area contributed by atoms with E-state index in [9.17, 15) is 8.78 Å². The number of nitrogens with one attached hydrogen (secondary N) is 1. The third-order valence-electron chi connectivity index (χ3n) is 4.71. The van der Waals surface area contributed by atoms with Gasteiger partial charge in [0.1, 0.15) is 11.6 Å². The number of imidazole rings is 1. The van der Waals surface area contributed by atoms with Crippen LogP contribution in [0.2, 0.25) is 0 Å². The molecule has 152 valence electrons. The molecular formula is C20H17F2N7O. The van der Waals surface area contributed by atoms with Crippen LogP contribution in [0.15, 0.2) is 48.5 Å². The second-order valence-electron chi connectivity index (χ2n) is 6.91. The summed E-state index contributed by atoms with van der Waals surface area (Å²) >= 11 is 0. The van der Waals surface area contributed by atoms with E-state index in [1.54, 1.807) is 12.1 Å². The monoisotopic (exact) mass is 409 g/mol. The Morgan fingerprint density at radius 3 is 2.50 bits per heavy atom. The van der Waals surface area contributed by atoms with Gasteiger partial charge in [0.05, 0.1) is 11.0 Å². The summed E-state index contributed by atoms with van der Waals surface area (Å²) in [6.45, 7) is -2.87. The molecule has 0 spiro atoms. The molecule has 8 nitrogen and oxygen atoms in total. The number of nitrogens with zero attached hydrogens (tertiary/aromatic N) is 5. The number of nitrogen functional groups attached to an aromatic ring is 1. The minimum absolute atomic E-state index is 0.0553. The summed E-state index contributed by atoms with van der Waals surface area (Å²) in [5.74, 6) is 2.00. The van der Waals surface area contributed by atoms with Crippen LogP contribution in [-0.4, -0.2) is 31.1 Å². The first-order valence-corrected chi connectivity index (χ1v) is 9.38. The number of anilines is 3. The molecule has 1 aliphatic carbocycles. The highest BCUT2D eigenvalue weighted by Gasteiger charge is 2.31. The van der Waals surface area contributed by atoms with Gasteiger partial charge in [-0.3, -0.25) is 4.57 Å². The van der Waals surface area contributed by atoms with Gasteiger partial charge < -0.3 is 15.8 Å². The van der Waals surface area contributed by atoms with Crippen LogP contribution in [0.4, 0.5) is 26.4 Å². The standard InChI is InChI=1S/C20H17F2N7O/c21-17(22)30-13-9-7-12(8-10-13)24-19-26-18(23)27-20(28-19)29-15-4-2-1-3-14(15)25-16(29)11-5-6-11/h1-4,7-11,17H,5-6H2,(H3,23,24,26,27,28). The largest absolute Gasteiger partial charge is 0.435 e. The predicted molar refractivity (Wildman–Crippen MR) is 107 cm³/mol. The Morgan fingerprint density at radius 1 is 1.00 bits per heavy atom. The highest BCUT2D eigenvalue weighted by atomic mass is 19.3. The van der Waals surface area contributed by atoms with E-state index >= 15 is 0 Å². The lowest BCUT2D eigenvalue weighted by atomic mass is 10.3. The minimum atomic E-state index is -2.87. The highest BCUT2D eigenvalue weighted by Crippen LogP contribution is 2.41. The molecule has 0 bridgehead atoms. The van der Waals surface area contributed by atoms with Gasteiger partial charge >= 0.3 is 6.61 Å². The molecule has 0 saturated heterocycles. The van der Waals surface area contributed by atoms with Gasteiger partial charge in [0.25, 0.3) is 0 Å². The smallest absolute Gasteiger partial charge is 0.387 e. The van der Waals surface area contributed by atoms with Crippen molar-refractivity contribution in [2.45, 2.75) is 25.4 Å². The highest BCUT2D eigenvalue weighted by molar-refractivity contribution is 5.78. The molecular weight excluding hydrogens is 392 g/mol. The number of rotatable bonds is 6. The van der Waals surface area contributed by atoms with E-state index in [0.717, 1.165) is 29.7 Å².